The Bertz CT molecular complexity index is 793. The van der Waals surface area contributed by atoms with Gasteiger partial charge in [-0.1, -0.05) is 6.07 Å². The molecule has 1 aromatic heterocycles. The molecular formula is C19H21NO5. The van der Waals surface area contributed by atoms with E-state index in [9.17, 15) is 9.90 Å². The zero-order valence-electron chi connectivity index (χ0n) is 14.2. The highest BCUT2D eigenvalue weighted by Gasteiger charge is 2.14. The number of hydrogen-bond donors (Lipinski definition) is 2. The van der Waals surface area contributed by atoms with Gasteiger partial charge in [-0.15, -0.1) is 0 Å². The number of nitrogens with one attached hydrogen (secondary N) is 1. The van der Waals surface area contributed by atoms with E-state index in [2.05, 4.69) is 5.32 Å². The summed E-state index contributed by atoms with van der Waals surface area (Å²) < 4.78 is 15.9. The Balaban J connectivity index is 1.47. The van der Waals surface area contributed by atoms with Crippen LogP contribution in [0.1, 0.15) is 35.2 Å². The molecule has 1 aliphatic heterocycles. The van der Waals surface area contributed by atoms with Gasteiger partial charge in [0.25, 0.3) is 0 Å². The number of benzene rings is 1. The van der Waals surface area contributed by atoms with Gasteiger partial charge in [0, 0.05) is 18.2 Å². The molecule has 1 aliphatic rings. The van der Waals surface area contributed by atoms with E-state index in [4.69, 9.17) is 13.9 Å². The maximum Gasteiger partial charge on any atom is 0.244 e. The molecule has 1 atom stereocenters. The van der Waals surface area contributed by atoms with Crippen molar-refractivity contribution >= 4 is 12.0 Å². The topological polar surface area (TPSA) is 80.9 Å². The summed E-state index contributed by atoms with van der Waals surface area (Å²) in [6.45, 7) is 4.25. The average Bonchev–Trinajstić information content (AvgIpc) is 3.18. The van der Waals surface area contributed by atoms with Crippen LogP contribution in [0.2, 0.25) is 0 Å². The van der Waals surface area contributed by atoms with Crippen molar-refractivity contribution in [2.24, 2.45) is 0 Å². The number of aliphatic hydroxyl groups excluding tert-OH is 1. The molecule has 2 N–H and O–H groups in total. The van der Waals surface area contributed by atoms with Gasteiger partial charge in [-0.3, -0.25) is 4.79 Å². The number of furan rings is 1. The SMILES string of the molecule is Cc1cc([C@@H](O)CCNC(=O)/C=C/c2ccc3c(c2)OCO3)c(C)o1. The number of carbonyl (C=O) groups excluding carboxylic acids is 1. The Hall–Kier alpha value is -2.73. The van der Waals surface area contributed by atoms with Gasteiger partial charge in [-0.2, -0.15) is 0 Å². The predicted molar refractivity (Wildman–Crippen MR) is 92.4 cm³/mol. The van der Waals surface area contributed by atoms with Gasteiger partial charge in [-0.05, 0) is 50.1 Å². The van der Waals surface area contributed by atoms with Gasteiger partial charge in [-0.25, -0.2) is 0 Å². The normalized spacial score (nSPS) is 14.0. The molecule has 1 aromatic carbocycles. The minimum absolute atomic E-state index is 0.218. The van der Waals surface area contributed by atoms with Crippen LogP contribution >= 0.6 is 0 Å². The van der Waals surface area contributed by atoms with Crippen LogP contribution in [0.15, 0.2) is 34.8 Å². The van der Waals surface area contributed by atoms with E-state index in [0.29, 0.717) is 30.2 Å². The number of rotatable bonds is 6. The number of hydrogen-bond acceptors (Lipinski definition) is 5. The summed E-state index contributed by atoms with van der Waals surface area (Å²) >= 11 is 0. The molecule has 0 spiro atoms. The lowest BCUT2D eigenvalue weighted by Crippen LogP contribution is -2.23. The standard InChI is InChI=1S/C19H21NO5/c1-12-9-15(13(2)25-12)16(21)7-8-20-19(22)6-4-14-3-5-17-18(10-14)24-11-23-17/h3-6,9-10,16,21H,7-8,11H2,1-2H3,(H,20,22)/b6-4+/t16-/m0/s1. The van der Waals surface area contributed by atoms with Crippen LogP contribution in [0.5, 0.6) is 11.5 Å². The van der Waals surface area contributed by atoms with E-state index in [-0.39, 0.29) is 12.7 Å². The molecule has 1 amide bonds. The van der Waals surface area contributed by atoms with Gasteiger partial charge < -0.3 is 24.3 Å². The van der Waals surface area contributed by atoms with Crippen LogP contribution in [0.3, 0.4) is 0 Å². The first-order chi connectivity index (χ1) is 12.0. The third-order valence-corrected chi connectivity index (χ3v) is 3.98. The molecule has 6 nitrogen and oxygen atoms in total. The minimum atomic E-state index is -0.657. The highest BCUT2D eigenvalue weighted by atomic mass is 16.7. The Kier molecular flexibility index (Phi) is 5.09. The monoisotopic (exact) mass is 343 g/mol. The van der Waals surface area contributed by atoms with Crippen LogP contribution in [-0.2, 0) is 4.79 Å². The number of amides is 1. The zero-order valence-corrected chi connectivity index (χ0v) is 14.2. The number of ether oxygens (including phenoxy) is 2. The Morgan fingerprint density at radius 1 is 1.28 bits per heavy atom. The van der Waals surface area contributed by atoms with Crippen molar-refractivity contribution in [3.05, 3.63) is 53.0 Å². The third kappa shape index (κ3) is 4.22. The Morgan fingerprint density at radius 3 is 2.84 bits per heavy atom. The molecule has 0 bridgehead atoms. The predicted octanol–water partition coefficient (Wildman–Crippen LogP) is 2.88. The van der Waals surface area contributed by atoms with Crippen LogP contribution < -0.4 is 14.8 Å². The van der Waals surface area contributed by atoms with Crippen LogP contribution in [0.25, 0.3) is 6.08 Å². The van der Waals surface area contributed by atoms with E-state index in [0.717, 1.165) is 16.9 Å². The second kappa shape index (κ2) is 7.44. The lowest BCUT2D eigenvalue weighted by molar-refractivity contribution is -0.116. The summed E-state index contributed by atoms with van der Waals surface area (Å²) in [4.78, 5) is 11.9. The van der Waals surface area contributed by atoms with Gasteiger partial charge in [0.05, 0.1) is 6.10 Å². The van der Waals surface area contributed by atoms with Crippen LogP contribution in [-0.4, -0.2) is 24.4 Å². The van der Waals surface area contributed by atoms with Crippen LogP contribution in [0, 0.1) is 13.8 Å². The van der Waals surface area contributed by atoms with E-state index < -0.39 is 6.10 Å². The minimum Gasteiger partial charge on any atom is -0.466 e. The average molecular weight is 343 g/mol. The molecule has 132 valence electrons. The Morgan fingerprint density at radius 2 is 2.08 bits per heavy atom. The first-order valence-corrected chi connectivity index (χ1v) is 8.13. The number of aliphatic hydroxyl groups is 1. The molecule has 6 heteroatoms. The fourth-order valence-electron chi connectivity index (χ4n) is 2.72. The first-order valence-electron chi connectivity index (χ1n) is 8.13. The van der Waals surface area contributed by atoms with Crippen molar-refractivity contribution in [1.82, 2.24) is 5.32 Å². The molecular weight excluding hydrogens is 322 g/mol. The molecule has 25 heavy (non-hydrogen) atoms. The van der Waals surface area contributed by atoms with Gasteiger partial charge >= 0.3 is 0 Å². The number of fused-ring (bicyclic) bond motifs is 1. The van der Waals surface area contributed by atoms with Crippen molar-refractivity contribution in [3.8, 4) is 11.5 Å². The highest BCUT2D eigenvalue weighted by Crippen LogP contribution is 2.32. The van der Waals surface area contributed by atoms with Gasteiger partial charge in [0.1, 0.15) is 11.5 Å². The van der Waals surface area contributed by atoms with Crippen molar-refractivity contribution < 1.29 is 23.8 Å². The Labute approximate surface area is 146 Å². The fourth-order valence-corrected chi connectivity index (χ4v) is 2.72. The van der Waals surface area contributed by atoms with Crippen molar-refractivity contribution in [2.45, 2.75) is 26.4 Å². The lowest BCUT2D eigenvalue weighted by Gasteiger charge is -2.09. The van der Waals surface area contributed by atoms with E-state index >= 15 is 0 Å². The fraction of sp³-hybridized carbons (Fsp3) is 0.316. The number of carbonyl (C=O) groups is 1. The zero-order chi connectivity index (χ0) is 17.8. The van der Waals surface area contributed by atoms with Crippen molar-refractivity contribution in [3.63, 3.8) is 0 Å². The summed E-state index contributed by atoms with van der Waals surface area (Å²) in [5.74, 6) is 2.64. The molecule has 0 aliphatic carbocycles. The lowest BCUT2D eigenvalue weighted by atomic mass is 10.1. The van der Waals surface area contributed by atoms with E-state index in [1.165, 1.54) is 6.08 Å². The molecule has 0 radical (unpaired) electrons. The number of aryl methyl sites for hydroxylation is 2. The maximum atomic E-state index is 11.9. The summed E-state index contributed by atoms with van der Waals surface area (Å²) in [6, 6.07) is 7.30. The summed E-state index contributed by atoms with van der Waals surface area (Å²) in [5, 5.41) is 12.9. The smallest absolute Gasteiger partial charge is 0.244 e. The third-order valence-electron chi connectivity index (χ3n) is 3.98. The van der Waals surface area contributed by atoms with E-state index in [1.54, 1.807) is 6.08 Å². The largest absolute Gasteiger partial charge is 0.466 e. The summed E-state index contributed by atoms with van der Waals surface area (Å²) in [5.41, 5.74) is 1.62. The van der Waals surface area contributed by atoms with Crippen molar-refractivity contribution in [2.75, 3.05) is 13.3 Å². The molecule has 0 fully saturated rings. The summed E-state index contributed by atoms with van der Waals surface area (Å²) in [7, 11) is 0. The first kappa shape index (κ1) is 17.1. The molecule has 0 unspecified atom stereocenters. The van der Waals surface area contributed by atoms with Gasteiger partial charge in [0.2, 0.25) is 12.7 Å². The quantitative estimate of drug-likeness (QED) is 0.788. The van der Waals surface area contributed by atoms with Gasteiger partial charge in [0.15, 0.2) is 11.5 Å². The molecule has 2 aromatic rings. The second-order valence-electron chi connectivity index (χ2n) is 5.91. The van der Waals surface area contributed by atoms with Crippen molar-refractivity contribution in [1.29, 1.82) is 0 Å². The highest BCUT2D eigenvalue weighted by molar-refractivity contribution is 5.91. The molecule has 3 rings (SSSR count). The second-order valence-corrected chi connectivity index (χ2v) is 5.91. The van der Waals surface area contributed by atoms with Crippen LogP contribution in [0.4, 0.5) is 0 Å². The molecule has 0 saturated heterocycles. The summed E-state index contributed by atoms with van der Waals surface area (Å²) in [6.07, 6.45) is 2.92. The van der Waals surface area contributed by atoms with E-state index in [1.807, 2.05) is 38.1 Å². The molecule has 0 saturated carbocycles. The molecule has 2 heterocycles. The maximum absolute atomic E-state index is 11.9.